The Morgan fingerprint density at radius 3 is 2.69 bits per heavy atom. The van der Waals surface area contributed by atoms with Crippen LogP contribution in [0, 0.1) is 0 Å². The number of fused-ring (bicyclic) bond motifs is 2. The highest BCUT2D eigenvalue weighted by Crippen LogP contribution is 2.24. The molecule has 2 aromatic heterocycles. The summed E-state index contributed by atoms with van der Waals surface area (Å²) >= 11 is 3.36. The second kappa shape index (κ2) is 8.32. The number of para-hydroxylation sites is 2. The van der Waals surface area contributed by atoms with Gasteiger partial charge < -0.3 is 14.1 Å². The van der Waals surface area contributed by atoms with E-state index in [0.717, 1.165) is 20.9 Å². The van der Waals surface area contributed by atoms with Gasteiger partial charge in [0.2, 0.25) is 5.55 Å². The molecular formula is C24H17BrN4O3. The van der Waals surface area contributed by atoms with Crippen LogP contribution in [0.5, 0.6) is 5.75 Å². The van der Waals surface area contributed by atoms with Crippen molar-refractivity contribution in [3.05, 3.63) is 88.4 Å². The first kappa shape index (κ1) is 20.0. The van der Waals surface area contributed by atoms with E-state index in [1.807, 2.05) is 36.4 Å². The number of imidazole rings is 1. The lowest BCUT2D eigenvalue weighted by atomic mass is 10.1. The van der Waals surface area contributed by atoms with Crippen molar-refractivity contribution in [3.63, 3.8) is 0 Å². The molecule has 0 unspecified atom stereocenters. The van der Waals surface area contributed by atoms with Gasteiger partial charge in [-0.05, 0) is 60.7 Å². The maximum atomic E-state index is 12.6. The number of nitrogens with zero attached hydrogens (tertiary/aromatic N) is 2. The van der Waals surface area contributed by atoms with Crippen molar-refractivity contribution < 1.29 is 13.9 Å². The molecule has 5 aromatic rings. The molecule has 0 aliphatic rings. The quantitative estimate of drug-likeness (QED) is 0.348. The van der Waals surface area contributed by atoms with Crippen molar-refractivity contribution in [2.75, 3.05) is 7.11 Å². The van der Waals surface area contributed by atoms with Gasteiger partial charge in [0, 0.05) is 15.4 Å². The molecular weight excluding hydrogens is 472 g/mol. The minimum absolute atomic E-state index is 0.229. The molecule has 32 heavy (non-hydrogen) atoms. The van der Waals surface area contributed by atoms with E-state index in [9.17, 15) is 4.79 Å². The summed E-state index contributed by atoms with van der Waals surface area (Å²) < 4.78 is 12.3. The van der Waals surface area contributed by atoms with Gasteiger partial charge in [0.25, 0.3) is 5.91 Å². The van der Waals surface area contributed by atoms with E-state index in [0.29, 0.717) is 28.3 Å². The maximum absolute atomic E-state index is 12.6. The zero-order valence-electron chi connectivity index (χ0n) is 16.9. The summed E-state index contributed by atoms with van der Waals surface area (Å²) in [6, 6.07) is 22.1. The molecule has 0 atom stereocenters. The smallest absolute Gasteiger partial charge is 0.271 e. The number of H-pyrrole nitrogens is 1. The van der Waals surface area contributed by atoms with Crippen LogP contribution in [-0.4, -0.2) is 23.0 Å². The average molecular weight is 489 g/mol. The molecule has 1 amide bonds. The fourth-order valence-electron chi connectivity index (χ4n) is 3.34. The number of methoxy groups -OCH3 is 1. The number of rotatable bonds is 4. The average Bonchev–Trinajstić information content (AvgIpc) is 3.26. The van der Waals surface area contributed by atoms with E-state index in [2.05, 4.69) is 36.4 Å². The summed E-state index contributed by atoms with van der Waals surface area (Å²) in [5.74, 6) is 0.936. The molecule has 5 rings (SSSR count). The molecule has 2 N–H and O–H groups in total. The van der Waals surface area contributed by atoms with Crippen LogP contribution in [0.1, 0.15) is 10.4 Å². The van der Waals surface area contributed by atoms with Gasteiger partial charge in [-0.2, -0.15) is 0 Å². The number of halogens is 1. The third-order valence-corrected chi connectivity index (χ3v) is 5.49. The van der Waals surface area contributed by atoms with E-state index >= 15 is 0 Å². The number of ether oxygens (including phenoxy) is 1. The van der Waals surface area contributed by atoms with Gasteiger partial charge in [0.1, 0.15) is 17.2 Å². The molecule has 158 valence electrons. The maximum Gasteiger partial charge on any atom is 0.271 e. The van der Waals surface area contributed by atoms with Gasteiger partial charge in [-0.15, -0.1) is 5.10 Å². The molecule has 0 fully saturated rings. The van der Waals surface area contributed by atoms with E-state index in [1.165, 1.54) is 0 Å². The topological polar surface area (TPSA) is 92.5 Å². The molecule has 0 spiro atoms. The predicted molar refractivity (Wildman–Crippen MR) is 125 cm³/mol. The Hall–Kier alpha value is -3.91. The molecule has 8 heteroatoms. The zero-order chi connectivity index (χ0) is 22.1. The van der Waals surface area contributed by atoms with E-state index in [4.69, 9.17) is 9.15 Å². The number of aromatic nitrogens is 2. The molecule has 2 heterocycles. The first-order valence-corrected chi connectivity index (χ1v) is 10.6. The van der Waals surface area contributed by atoms with Gasteiger partial charge >= 0.3 is 0 Å². The van der Waals surface area contributed by atoms with Gasteiger partial charge in [-0.3, -0.25) is 4.79 Å². The summed E-state index contributed by atoms with van der Waals surface area (Å²) in [6.07, 6.45) is 0. The Kier molecular flexibility index (Phi) is 5.20. The number of carbonyl (C=O) groups excluding carboxylic acids is 1. The van der Waals surface area contributed by atoms with E-state index in [-0.39, 0.29) is 11.5 Å². The Balaban J connectivity index is 1.63. The number of nitrogens with one attached hydrogen (secondary N) is 2. The highest BCUT2D eigenvalue weighted by atomic mass is 79.9. The standard InChI is InChI=1S/C24H17BrN4O3/c1-31-17-10-11-21-15(12-17)13-18(22-26-19-4-2-3-5-20(19)27-22)24(32-21)29-28-23(30)14-6-8-16(25)9-7-14/h2-13H,1H3,(H,26,27)(H,28,30)/b29-24-. The van der Waals surface area contributed by atoms with E-state index < -0.39 is 0 Å². The Bertz CT molecular complexity index is 1490. The van der Waals surface area contributed by atoms with Gasteiger partial charge in [0.15, 0.2) is 0 Å². The lowest BCUT2D eigenvalue weighted by Gasteiger charge is -2.05. The molecule has 0 saturated heterocycles. The second-order valence-electron chi connectivity index (χ2n) is 7.03. The van der Waals surface area contributed by atoms with Crippen LogP contribution in [0.15, 0.2) is 86.8 Å². The summed E-state index contributed by atoms with van der Waals surface area (Å²) in [5.41, 5.74) is 6.20. The Morgan fingerprint density at radius 1 is 1.09 bits per heavy atom. The van der Waals surface area contributed by atoms with Crippen LogP contribution in [0.25, 0.3) is 33.4 Å². The number of benzene rings is 3. The van der Waals surface area contributed by atoms with Crippen LogP contribution < -0.4 is 15.7 Å². The molecule has 0 saturated carbocycles. The van der Waals surface area contributed by atoms with E-state index in [1.54, 1.807) is 43.5 Å². The number of amides is 1. The number of aromatic amines is 1. The molecule has 3 aromatic carbocycles. The first-order chi connectivity index (χ1) is 15.6. The molecule has 0 radical (unpaired) electrons. The minimum atomic E-state index is -0.349. The summed E-state index contributed by atoms with van der Waals surface area (Å²) in [4.78, 5) is 20.5. The first-order valence-electron chi connectivity index (χ1n) is 9.77. The van der Waals surface area contributed by atoms with Crippen molar-refractivity contribution in [3.8, 4) is 17.1 Å². The fourth-order valence-corrected chi connectivity index (χ4v) is 3.60. The van der Waals surface area contributed by atoms with Crippen molar-refractivity contribution in [1.29, 1.82) is 0 Å². The third-order valence-electron chi connectivity index (χ3n) is 4.96. The van der Waals surface area contributed by atoms with Crippen LogP contribution >= 0.6 is 15.9 Å². The molecule has 0 aliphatic heterocycles. The molecule has 0 bridgehead atoms. The van der Waals surface area contributed by atoms with Crippen molar-refractivity contribution in [1.82, 2.24) is 15.4 Å². The van der Waals surface area contributed by atoms with Crippen LogP contribution in [-0.2, 0) is 0 Å². The van der Waals surface area contributed by atoms with Gasteiger partial charge in [0.05, 0.1) is 23.7 Å². The van der Waals surface area contributed by atoms with Crippen molar-refractivity contribution >= 4 is 43.8 Å². The number of hydrogen-bond donors (Lipinski definition) is 2. The SMILES string of the molecule is COc1ccc2o/c(=N\NC(=O)c3ccc(Br)cc3)c(-c3nc4ccccc4[nH]3)cc2c1. The van der Waals surface area contributed by atoms with Crippen LogP contribution in [0.3, 0.4) is 0 Å². The monoisotopic (exact) mass is 488 g/mol. The third kappa shape index (κ3) is 3.88. The van der Waals surface area contributed by atoms with Crippen LogP contribution in [0.4, 0.5) is 0 Å². The lowest BCUT2D eigenvalue weighted by Crippen LogP contribution is -2.22. The Morgan fingerprint density at radius 2 is 1.91 bits per heavy atom. The zero-order valence-corrected chi connectivity index (χ0v) is 18.5. The predicted octanol–water partition coefficient (Wildman–Crippen LogP) is 4.99. The van der Waals surface area contributed by atoms with Crippen molar-refractivity contribution in [2.45, 2.75) is 0 Å². The van der Waals surface area contributed by atoms with Crippen LogP contribution in [0.2, 0.25) is 0 Å². The molecule has 0 aliphatic carbocycles. The minimum Gasteiger partial charge on any atom is -0.497 e. The summed E-state index contributed by atoms with van der Waals surface area (Å²) in [5, 5.41) is 5.09. The number of hydrogen-bond acceptors (Lipinski definition) is 5. The van der Waals surface area contributed by atoms with Gasteiger partial charge in [-0.25, -0.2) is 10.4 Å². The van der Waals surface area contributed by atoms with Gasteiger partial charge in [-0.1, -0.05) is 28.1 Å². The molecule has 7 nitrogen and oxygen atoms in total. The summed E-state index contributed by atoms with van der Waals surface area (Å²) in [6.45, 7) is 0. The fraction of sp³-hybridized carbons (Fsp3) is 0.0417. The second-order valence-corrected chi connectivity index (χ2v) is 7.95. The largest absolute Gasteiger partial charge is 0.497 e. The number of carbonyl (C=O) groups is 1. The normalized spacial score (nSPS) is 11.8. The van der Waals surface area contributed by atoms with Crippen molar-refractivity contribution in [2.24, 2.45) is 5.10 Å². The lowest BCUT2D eigenvalue weighted by molar-refractivity contribution is 0.0951. The highest BCUT2D eigenvalue weighted by Gasteiger charge is 2.13. The Labute approximate surface area is 190 Å². The summed E-state index contributed by atoms with van der Waals surface area (Å²) in [7, 11) is 1.61. The highest BCUT2D eigenvalue weighted by molar-refractivity contribution is 9.10.